The monoisotopic (exact) mass is 263 g/mol. The molecule has 0 amide bonds. The number of nitrogens with zero attached hydrogens (tertiary/aromatic N) is 2. The summed E-state index contributed by atoms with van der Waals surface area (Å²) >= 11 is 5.88. The van der Waals surface area contributed by atoms with Crippen LogP contribution in [0.3, 0.4) is 0 Å². The Morgan fingerprint density at radius 1 is 1.28 bits per heavy atom. The molecule has 92 valence electrons. The Kier molecular flexibility index (Phi) is 3.43. The molecule has 1 aromatic heterocycles. The van der Waals surface area contributed by atoms with Crippen LogP contribution in [0.2, 0.25) is 5.15 Å². The largest absolute Gasteiger partial charge is 0.347 e. The van der Waals surface area contributed by atoms with Crippen molar-refractivity contribution in [1.29, 1.82) is 0 Å². The summed E-state index contributed by atoms with van der Waals surface area (Å²) in [5.41, 5.74) is 1.93. The molecule has 0 aliphatic rings. The van der Waals surface area contributed by atoms with Gasteiger partial charge >= 0.3 is 0 Å². The molecule has 2 rings (SSSR count). The maximum Gasteiger partial charge on any atom is 0.297 e. The lowest BCUT2D eigenvalue weighted by Crippen LogP contribution is -1.99. The zero-order chi connectivity index (χ0) is 13.1. The van der Waals surface area contributed by atoms with Gasteiger partial charge in [0.1, 0.15) is 0 Å². The Hall–Kier alpha value is -2.14. The van der Waals surface area contributed by atoms with E-state index in [1.54, 1.807) is 0 Å². The Bertz CT molecular complexity index is 584. The molecular formula is C12H10ClN3O2. The van der Waals surface area contributed by atoms with E-state index in [4.69, 9.17) is 11.6 Å². The van der Waals surface area contributed by atoms with Gasteiger partial charge in [0.25, 0.3) is 5.69 Å². The first kappa shape index (κ1) is 12.3. The van der Waals surface area contributed by atoms with Gasteiger partial charge in [0.05, 0.1) is 4.92 Å². The molecule has 1 heterocycles. The number of anilines is 2. The number of hydrogen-bond acceptors (Lipinski definition) is 4. The van der Waals surface area contributed by atoms with Gasteiger partial charge in [-0.3, -0.25) is 10.1 Å². The first-order valence-corrected chi connectivity index (χ1v) is 5.58. The topological polar surface area (TPSA) is 68.1 Å². The molecule has 0 unspecified atom stereocenters. The molecule has 0 atom stereocenters. The number of halogens is 1. The number of hydrogen-bond donors (Lipinski definition) is 1. The molecule has 0 saturated carbocycles. The van der Waals surface area contributed by atoms with Gasteiger partial charge in [0.2, 0.25) is 0 Å². The van der Waals surface area contributed by atoms with Crippen molar-refractivity contribution in [2.45, 2.75) is 6.92 Å². The number of rotatable bonds is 3. The number of nitro groups is 1. The van der Waals surface area contributed by atoms with Gasteiger partial charge in [-0.2, -0.15) is 0 Å². The van der Waals surface area contributed by atoms with E-state index < -0.39 is 4.92 Å². The minimum Gasteiger partial charge on any atom is -0.347 e. The maximum absolute atomic E-state index is 10.9. The number of aryl methyl sites for hydroxylation is 1. The molecule has 0 bridgehead atoms. The Balaban J connectivity index is 2.39. The molecule has 1 N–H and O–H groups in total. The first-order chi connectivity index (χ1) is 8.58. The molecule has 0 saturated heterocycles. The van der Waals surface area contributed by atoms with Crippen molar-refractivity contribution in [1.82, 2.24) is 4.98 Å². The second-order valence-corrected chi connectivity index (χ2v) is 4.10. The molecule has 1 aromatic carbocycles. The summed E-state index contributed by atoms with van der Waals surface area (Å²) in [5.74, 6) is 0. The second-order valence-electron chi connectivity index (χ2n) is 3.74. The lowest BCUT2D eigenvalue weighted by molar-refractivity contribution is -0.384. The summed E-state index contributed by atoms with van der Waals surface area (Å²) in [7, 11) is 0. The summed E-state index contributed by atoms with van der Waals surface area (Å²) in [6.45, 7) is 1.96. The summed E-state index contributed by atoms with van der Waals surface area (Å²) < 4.78 is 0. The van der Waals surface area contributed by atoms with Crippen LogP contribution in [0.4, 0.5) is 17.1 Å². The summed E-state index contributed by atoms with van der Waals surface area (Å²) in [4.78, 5) is 14.2. The van der Waals surface area contributed by atoms with Gasteiger partial charge in [-0.05, 0) is 19.1 Å². The molecule has 0 aliphatic heterocycles. The smallest absolute Gasteiger partial charge is 0.297 e. The zero-order valence-corrected chi connectivity index (χ0v) is 10.3. The molecule has 0 aliphatic carbocycles. The first-order valence-electron chi connectivity index (χ1n) is 5.20. The lowest BCUT2D eigenvalue weighted by atomic mass is 10.2. The highest BCUT2D eigenvalue weighted by molar-refractivity contribution is 6.32. The quantitative estimate of drug-likeness (QED) is 0.521. The summed E-state index contributed by atoms with van der Waals surface area (Å²) in [6.07, 6.45) is 1.31. The molecule has 6 heteroatoms. The predicted molar refractivity (Wildman–Crippen MR) is 70.4 cm³/mol. The SMILES string of the molecule is Cc1ccc(Nc2c([N+](=O)[O-])ccnc2Cl)cc1. The van der Waals surface area contributed by atoms with Crippen molar-refractivity contribution >= 4 is 28.7 Å². The minimum atomic E-state index is -0.496. The van der Waals surface area contributed by atoms with E-state index in [0.717, 1.165) is 11.3 Å². The molecule has 0 radical (unpaired) electrons. The third-order valence-electron chi connectivity index (χ3n) is 2.40. The summed E-state index contributed by atoms with van der Waals surface area (Å²) in [5, 5.41) is 13.9. The van der Waals surface area contributed by atoms with Crippen LogP contribution in [0.5, 0.6) is 0 Å². The highest BCUT2D eigenvalue weighted by atomic mass is 35.5. The molecule has 5 nitrogen and oxygen atoms in total. The van der Waals surface area contributed by atoms with Crippen molar-refractivity contribution in [3.05, 3.63) is 57.4 Å². The molecule has 0 spiro atoms. The van der Waals surface area contributed by atoms with Crippen LogP contribution in [0.25, 0.3) is 0 Å². The van der Waals surface area contributed by atoms with Gasteiger partial charge < -0.3 is 5.32 Å². The van der Waals surface area contributed by atoms with Gasteiger partial charge in [-0.25, -0.2) is 4.98 Å². The Morgan fingerprint density at radius 2 is 1.94 bits per heavy atom. The Morgan fingerprint density at radius 3 is 2.56 bits per heavy atom. The van der Waals surface area contributed by atoms with Gasteiger partial charge in [0.15, 0.2) is 10.8 Å². The van der Waals surface area contributed by atoms with Crippen molar-refractivity contribution in [3.63, 3.8) is 0 Å². The number of pyridine rings is 1. The maximum atomic E-state index is 10.9. The fourth-order valence-electron chi connectivity index (χ4n) is 1.48. The van der Waals surface area contributed by atoms with Crippen LogP contribution < -0.4 is 5.32 Å². The fraction of sp³-hybridized carbons (Fsp3) is 0.0833. The van der Waals surface area contributed by atoms with Crippen molar-refractivity contribution in [2.75, 3.05) is 5.32 Å². The van der Waals surface area contributed by atoms with Gasteiger partial charge in [0, 0.05) is 18.0 Å². The van der Waals surface area contributed by atoms with Gasteiger partial charge in [-0.15, -0.1) is 0 Å². The van der Waals surface area contributed by atoms with E-state index in [9.17, 15) is 10.1 Å². The van der Waals surface area contributed by atoms with Crippen molar-refractivity contribution in [2.24, 2.45) is 0 Å². The van der Waals surface area contributed by atoms with E-state index in [1.807, 2.05) is 31.2 Å². The van der Waals surface area contributed by atoms with Crippen molar-refractivity contribution in [3.8, 4) is 0 Å². The van der Waals surface area contributed by atoms with Crippen LogP contribution in [0, 0.1) is 17.0 Å². The van der Waals surface area contributed by atoms with Crippen molar-refractivity contribution < 1.29 is 4.92 Å². The third-order valence-corrected chi connectivity index (χ3v) is 2.69. The Labute approximate surface area is 109 Å². The zero-order valence-electron chi connectivity index (χ0n) is 9.55. The number of aromatic nitrogens is 1. The standard InChI is InChI=1S/C12H10ClN3O2/c1-8-2-4-9(5-3-8)15-11-10(16(17)18)6-7-14-12(11)13/h2-7,15H,1H3. The van der Waals surface area contributed by atoms with Crippen LogP contribution in [-0.2, 0) is 0 Å². The number of nitrogens with one attached hydrogen (secondary N) is 1. The van der Waals surface area contributed by atoms with E-state index in [-0.39, 0.29) is 16.5 Å². The van der Waals surface area contributed by atoms with E-state index >= 15 is 0 Å². The van der Waals surface area contributed by atoms with Gasteiger partial charge in [-0.1, -0.05) is 29.3 Å². The number of benzene rings is 1. The van der Waals surface area contributed by atoms with Crippen LogP contribution in [0.1, 0.15) is 5.56 Å². The third kappa shape index (κ3) is 2.57. The fourth-order valence-corrected chi connectivity index (χ4v) is 1.68. The van der Waals surface area contributed by atoms with E-state index in [1.165, 1.54) is 12.3 Å². The normalized spacial score (nSPS) is 10.1. The highest BCUT2D eigenvalue weighted by Crippen LogP contribution is 2.32. The lowest BCUT2D eigenvalue weighted by Gasteiger charge is -2.08. The molecule has 2 aromatic rings. The molecule has 18 heavy (non-hydrogen) atoms. The minimum absolute atomic E-state index is 0.0739. The highest BCUT2D eigenvalue weighted by Gasteiger charge is 2.17. The van der Waals surface area contributed by atoms with E-state index in [2.05, 4.69) is 10.3 Å². The molecule has 0 fully saturated rings. The second kappa shape index (κ2) is 5.01. The average Bonchev–Trinajstić information content (AvgIpc) is 2.34. The molecular weight excluding hydrogens is 254 g/mol. The van der Waals surface area contributed by atoms with E-state index in [0.29, 0.717) is 0 Å². The predicted octanol–water partition coefficient (Wildman–Crippen LogP) is 3.70. The summed E-state index contributed by atoms with van der Waals surface area (Å²) in [6, 6.07) is 8.75. The van der Waals surface area contributed by atoms with Crippen LogP contribution >= 0.6 is 11.6 Å². The van der Waals surface area contributed by atoms with Crippen LogP contribution in [0.15, 0.2) is 36.5 Å². The van der Waals surface area contributed by atoms with Crippen LogP contribution in [-0.4, -0.2) is 9.91 Å². The average molecular weight is 264 g/mol.